The van der Waals surface area contributed by atoms with Gasteiger partial charge in [-0.15, -0.1) is 0 Å². The number of H-pyrrole nitrogens is 2. The molecular formula is C30H18F2N8O. The quantitative estimate of drug-likeness (QED) is 0.239. The van der Waals surface area contributed by atoms with Gasteiger partial charge in [0.1, 0.15) is 17.2 Å². The molecule has 0 aliphatic heterocycles. The summed E-state index contributed by atoms with van der Waals surface area (Å²) in [6, 6.07) is 16.5. The maximum absolute atomic E-state index is 16.1. The average molecular weight is 545 g/mol. The van der Waals surface area contributed by atoms with Crippen LogP contribution in [0.25, 0.3) is 55.8 Å². The number of benzene rings is 2. The number of imidazole rings is 1. The van der Waals surface area contributed by atoms with E-state index in [4.69, 9.17) is 0 Å². The molecule has 9 nitrogen and oxygen atoms in total. The van der Waals surface area contributed by atoms with Gasteiger partial charge >= 0.3 is 0 Å². The SMILES string of the molecule is O=C(Nc1cncc(-c2ncc3[nH]nc(-c4nc5c(-c6cccc(F)c6)cncc5[nH]4)c3c2F)c1)c1ccccc1. The van der Waals surface area contributed by atoms with Gasteiger partial charge in [0.25, 0.3) is 5.91 Å². The minimum atomic E-state index is -0.636. The highest BCUT2D eigenvalue weighted by atomic mass is 19.1. The van der Waals surface area contributed by atoms with Crippen LogP contribution >= 0.6 is 0 Å². The summed E-state index contributed by atoms with van der Waals surface area (Å²) in [5.74, 6) is -1.03. The molecule has 0 aliphatic rings. The molecule has 0 spiro atoms. The minimum Gasteiger partial charge on any atom is -0.335 e. The Kier molecular flexibility index (Phi) is 5.74. The molecule has 0 radical (unpaired) electrons. The number of nitrogens with one attached hydrogen (secondary N) is 3. The van der Waals surface area contributed by atoms with Crippen molar-refractivity contribution in [1.82, 2.24) is 35.1 Å². The molecule has 0 fully saturated rings. The first-order valence-electron chi connectivity index (χ1n) is 12.5. The van der Waals surface area contributed by atoms with Crippen molar-refractivity contribution in [3.05, 3.63) is 109 Å². The number of aromatic amines is 2. The molecule has 2 aromatic carbocycles. The number of hydrogen-bond donors (Lipinski definition) is 3. The van der Waals surface area contributed by atoms with E-state index < -0.39 is 5.82 Å². The predicted octanol–water partition coefficient (Wildman–Crippen LogP) is 6.16. The molecule has 198 valence electrons. The first kappa shape index (κ1) is 24.2. The zero-order chi connectivity index (χ0) is 27.9. The van der Waals surface area contributed by atoms with Crippen LogP contribution in [0.1, 0.15) is 10.4 Å². The van der Waals surface area contributed by atoms with E-state index in [1.807, 2.05) is 6.07 Å². The van der Waals surface area contributed by atoms with Crippen LogP contribution in [0.15, 0.2) is 91.6 Å². The Morgan fingerprint density at radius 2 is 1.66 bits per heavy atom. The first-order valence-corrected chi connectivity index (χ1v) is 12.5. The van der Waals surface area contributed by atoms with Gasteiger partial charge in [-0.25, -0.2) is 13.8 Å². The summed E-state index contributed by atoms with van der Waals surface area (Å²) in [5.41, 5.74) is 4.22. The number of amides is 1. The molecule has 7 rings (SSSR count). The molecule has 11 heteroatoms. The van der Waals surface area contributed by atoms with Crippen molar-refractivity contribution in [2.24, 2.45) is 0 Å². The van der Waals surface area contributed by atoms with Crippen LogP contribution < -0.4 is 5.32 Å². The summed E-state index contributed by atoms with van der Waals surface area (Å²) in [6.07, 6.45) is 7.61. The number of anilines is 1. The number of halogens is 2. The fourth-order valence-electron chi connectivity index (χ4n) is 4.69. The summed E-state index contributed by atoms with van der Waals surface area (Å²) < 4.78 is 30.0. The predicted molar refractivity (Wildman–Crippen MR) is 150 cm³/mol. The van der Waals surface area contributed by atoms with E-state index in [9.17, 15) is 9.18 Å². The lowest BCUT2D eigenvalue weighted by Crippen LogP contribution is -2.11. The largest absolute Gasteiger partial charge is 0.335 e. The van der Waals surface area contributed by atoms with Gasteiger partial charge in [-0.2, -0.15) is 5.10 Å². The molecule has 0 saturated carbocycles. The van der Waals surface area contributed by atoms with Gasteiger partial charge in [0, 0.05) is 29.1 Å². The maximum atomic E-state index is 16.1. The second-order valence-electron chi connectivity index (χ2n) is 9.24. The van der Waals surface area contributed by atoms with Crippen molar-refractivity contribution in [2.75, 3.05) is 5.32 Å². The summed E-state index contributed by atoms with van der Waals surface area (Å²) >= 11 is 0. The number of pyridine rings is 3. The lowest BCUT2D eigenvalue weighted by Gasteiger charge is -2.08. The highest BCUT2D eigenvalue weighted by Crippen LogP contribution is 2.34. The first-order chi connectivity index (χ1) is 20.0. The third-order valence-electron chi connectivity index (χ3n) is 6.60. The third kappa shape index (κ3) is 4.35. The lowest BCUT2D eigenvalue weighted by atomic mass is 10.1. The highest BCUT2D eigenvalue weighted by molar-refractivity contribution is 6.04. The van der Waals surface area contributed by atoms with Crippen LogP contribution in [0, 0.1) is 11.6 Å². The molecule has 5 heterocycles. The maximum Gasteiger partial charge on any atom is 0.255 e. The topological polar surface area (TPSA) is 125 Å². The van der Waals surface area contributed by atoms with Crippen LogP contribution in [-0.2, 0) is 0 Å². The molecular weight excluding hydrogens is 526 g/mol. The van der Waals surface area contributed by atoms with Crippen LogP contribution in [-0.4, -0.2) is 41.0 Å². The Morgan fingerprint density at radius 1 is 0.805 bits per heavy atom. The van der Waals surface area contributed by atoms with Gasteiger partial charge in [-0.05, 0) is 35.9 Å². The second kappa shape index (κ2) is 9.72. The van der Waals surface area contributed by atoms with Gasteiger partial charge in [-0.1, -0.05) is 30.3 Å². The minimum absolute atomic E-state index is 0.0293. The Balaban J connectivity index is 1.29. The van der Waals surface area contributed by atoms with E-state index in [1.165, 1.54) is 30.7 Å². The third-order valence-corrected chi connectivity index (χ3v) is 6.60. The smallest absolute Gasteiger partial charge is 0.255 e. The molecule has 0 atom stereocenters. The van der Waals surface area contributed by atoms with Gasteiger partial charge < -0.3 is 10.3 Å². The second-order valence-corrected chi connectivity index (χ2v) is 9.24. The number of nitrogens with zero attached hydrogens (tertiary/aromatic N) is 5. The van der Waals surface area contributed by atoms with Crippen molar-refractivity contribution in [1.29, 1.82) is 0 Å². The summed E-state index contributed by atoms with van der Waals surface area (Å²) in [5, 5.41) is 10.1. The number of carbonyl (C=O) groups excluding carboxylic acids is 1. The Bertz CT molecular complexity index is 2090. The Hall–Kier alpha value is -5.84. The zero-order valence-corrected chi connectivity index (χ0v) is 21.1. The van der Waals surface area contributed by atoms with Gasteiger partial charge in [0.2, 0.25) is 0 Å². The van der Waals surface area contributed by atoms with Crippen molar-refractivity contribution in [2.45, 2.75) is 0 Å². The standard InChI is InChI=1S/C30H18F2N8O/c31-19-8-4-7-17(9-19)21-13-34-14-23-27(21)38-29(37-23)28-24-22(39-40-28)15-35-26(25(24)32)18-10-20(12-33-11-18)36-30(41)16-5-2-1-3-6-16/h1-15H,(H,36,41)(H,37,38)(H,39,40). The molecule has 5 aromatic heterocycles. The van der Waals surface area contributed by atoms with E-state index in [2.05, 4.69) is 40.4 Å². The highest BCUT2D eigenvalue weighted by Gasteiger charge is 2.22. The van der Waals surface area contributed by atoms with Gasteiger partial charge in [-0.3, -0.25) is 24.8 Å². The van der Waals surface area contributed by atoms with E-state index in [0.29, 0.717) is 50.3 Å². The molecule has 1 amide bonds. The normalized spacial score (nSPS) is 11.3. The van der Waals surface area contributed by atoms with E-state index in [-0.39, 0.29) is 28.5 Å². The fraction of sp³-hybridized carbons (Fsp3) is 0. The Morgan fingerprint density at radius 3 is 2.51 bits per heavy atom. The van der Waals surface area contributed by atoms with Gasteiger partial charge in [0.15, 0.2) is 11.6 Å². The molecule has 3 N–H and O–H groups in total. The molecule has 7 aromatic rings. The van der Waals surface area contributed by atoms with Crippen LogP contribution in [0.5, 0.6) is 0 Å². The van der Waals surface area contributed by atoms with Crippen LogP contribution in [0.3, 0.4) is 0 Å². The van der Waals surface area contributed by atoms with Crippen molar-refractivity contribution >= 4 is 33.5 Å². The van der Waals surface area contributed by atoms with Crippen LogP contribution in [0.2, 0.25) is 0 Å². The van der Waals surface area contributed by atoms with E-state index in [1.54, 1.807) is 54.9 Å². The van der Waals surface area contributed by atoms with Gasteiger partial charge in [0.05, 0.1) is 46.2 Å². The van der Waals surface area contributed by atoms with Crippen molar-refractivity contribution in [3.8, 4) is 33.9 Å². The fourth-order valence-corrected chi connectivity index (χ4v) is 4.69. The number of carbonyl (C=O) groups is 1. The molecule has 0 aliphatic carbocycles. The lowest BCUT2D eigenvalue weighted by molar-refractivity contribution is 0.102. The Labute approximate surface area is 230 Å². The number of rotatable bonds is 5. The van der Waals surface area contributed by atoms with Crippen molar-refractivity contribution in [3.63, 3.8) is 0 Å². The molecule has 0 unspecified atom stereocenters. The van der Waals surface area contributed by atoms with E-state index in [0.717, 1.165) is 0 Å². The number of aromatic nitrogens is 7. The average Bonchev–Trinajstić information content (AvgIpc) is 3.63. The number of hydrogen-bond acceptors (Lipinski definition) is 6. The summed E-state index contributed by atoms with van der Waals surface area (Å²) in [7, 11) is 0. The van der Waals surface area contributed by atoms with Crippen LogP contribution in [0.4, 0.5) is 14.5 Å². The zero-order valence-electron chi connectivity index (χ0n) is 21.1. The monoisotopic (exact) mass is 544 g/mol. The number of fused-ring (bicyclic) bond motifs is 2. The summed E-state index contributed by atoms with van der Waals surface area (Å²) in [4.78, 5) is 33.2. The molecule has 0 bridgehead atoms. The molecule has 41 heavy (non-hydrogen) atoms. The van der Waals surface area contributed by atoms with Crippen molar-refractivity contribution < 1.29 is 13.6 Å². The molecule has 0 saturated heterocycles. The van der Waals surface area contributed by atoms with E-state index >= 15 is 4.39 Å². The summed E-state index contributed by atoms with van der Waals surface area (Å²) in [6.45, 7) is 0.